The molecule has 0 aliphatic heterocycles. The molecule has 0 unspecified atom stereocenters. The first-order chi connectivity index (χ1) is 12.3. The lowest BCUT2D eigenvalue weighted by molar-refractivity contribution is -0.00698. The lowest BCUT2D eigenvalue weighted by Gasteiger charge is -2.56. The third-order valence-corrected chi connectivity index (χ3v) is 7.39. The quantitative estimate of drug-likeness (QED) is 0.522. The fraction of sp³-hybridized carbons (Fsp3) is 0.591. The minimum atomic E-state index is 0. The number of aromatic nitrogens is 3. The van der Waals surface area contributed by atoms with Gasteiger partial charge in [0.05, 0.1) is 16.7 Å². The summed E-state index contributed by atoms with van der Waals surface area (Å²) in [5, 5.41) is 0. The second-order valence-electron chi connectivity index (χ2n) is 9.13. The van der Waals surface area contributed by atoms with Crippen molar-refractivity contribution in [2.45, 2.75) is 63.8 Å². The number of imidazole rings is 2. The molecule has 4 saturated carbocycles. The van der Waals surface area contributed by atoms with E-state index in [2.05, 4.69) is 46.4 Å². The number of aryl methyl sites for hydroxylation is 1. The summed E-state index contributed by atoms with van der Waals surface area (Å²) in [6.45, 7) is 3.31. The van der Waals surface area contributed by atoms with Gasteiger partial charge in [-0.25, -0.2) is 4.98 Å². The molecular weight excluding hydrogens is 377 g/mol. The molecule has 27 heavy (non-hydrogen) atoms. The van der Waals surface area contributed by atoms with Crippen LogP contribution in [0.3, 0.4) is 0 Å². The van der Waals surface area contributed by atoms with Gasteiger partial charge in [0.15, 0.2) is 0 Å². The Morgan fingerprint density at radius 2 is 1.56 bits per heavy atom. The predicted molar refractivity (Wildman–Crippen MR) is 115 cm³/mol. The minimum Gasteiger partial charge on any atom is -0.310 e. The van der Waals surface area contributed by atoms with E-state index >= 15 is 0 Å². The minimum absolute atomic E-state index is 0. The maximum Gasteiger partial charge on any atom is 0.215 e. The van der Waals surface area contributed by atoms with Crippen molar-refractivity contribution in [3.63, 3.8) is 0 Å². The van der Waals surface area contributed by atoms with Crippen LogP contribution in [-0.2, 0) is 12.0 Å². The Hall–Kier alpha value is -1.19. The van der Waals surface area contributed by atoms with Crippen molar-refractivity contribution in [3.8, 4) is 0 Å². The van der Waals surface area contributed by atoms with E-state index in [0.717, 1.165) is 36.5 Å². The Bertz CT molecular complexity index is 935. The monoisotopic (exact) mass is 405 g/mol. The molecule has 4 aliphatic rings. The highest BCUT2D eigenvalue weighted by atomic mass is 35.5. The van der Waals surface area contributed by atoms with Gasteiger partial charge >= 0.3 is 0 Å². The van der Waals surface area contributed by atoms with Crippen LogP contribution < -0.4 is 0 Å². The average molecular weight is 406 g/mol. The van der Waals surface area contributed by atoms with Gasteiger partial charge in [-0.2, -0.15) is 0 Å². The molecule has 7 rings (SSSR count). The first-order valence-corrected chi connectivity index (χ1v) is 10.2. The number of benzene rings is 1. The molecule has 4 bridgehead atoms. The van der Waals surface area contributed by atoms with E-state index < -0.39 is 0 Å². The molecule has 0 saturated heterocycles. The molecule has 5 heteroatoms. The Morgan fingerprint density at radius 3 is 2.15 bits per heavy atom. The Balaban J connectivity index is 0.000000900. The van der Waals surface area contributed by atoms with Crippen LogP contribution in [0, 0.1) is 17.8 Å². The van der Waals surface area contributed by atoms with E-state index in [1.807, 2.05) is 0 Å². The molecule has 0 radical (unpaired) electrons. The number of fused-ring (bicyclic) bond motifs is 3. The van der Waals surface area contributed by atoms with Crippen LogP contribution in [0.15, 0.2) is 30.5 Å². The van der Waals surface area contributed by atoms with Gasteiger partial charge in [0.1, 0.15) is 0 Å². The van der Waals surface area contributed by atoms with Crippen molar-refractivity contribution in [1.29, 1.82) is 0 Å². The zero-order valence-electron chi connectivity index (χ0n) is 15.9. The zero-order valence-corrected chi connectivity index (χ0v) is 17.6. The van der Waals surface area contributed by atoms with Gasteiger partial charge in [-0.05, 0) is 74.8 Å². The normalized spacial score (nSPS) is 31.2. The highest BCUT2D eigenvalue weighted by Gasteiger charge is 2.52. The molecule has 2 aromatic heterocycles. The molecule has 146 valence electrons. The molecule has 0 spiro atoms. The van der Waals surface area contributed by atoms with Gasteiger partial charge < -0.3 is 4.57 Å². The summed E-state index contributed by atoms with van der Waals surface area (Å²) in [4.78, 5) is 5.28. The number of rotatable bonds is 3. The number of hydrogen-bond acceptors (Lipinski definition) is 1. The number of nitrogens with zero attached hydrogens (tertiary/aromatic N) is 3. The third-order valence-electron chi connectivity index (χ3n) is 7.39. The SMILES string of the molecule is CCCn1c2ccccc2n2cc(C34CC5CC(CC(C5)C3)C4)nc12.Cl.Cl. The first-order valence-electron chi connectivity index (χ1n) is 10.2. The van der Waals surface area contributed by atoms with Crippen LogP contribution in [0.25, 0.3) is 16.8 Å². The fourth-order valence-corrected chi connectivity index (χ4v) is 6.87. The summed E-state index contributed by atoms with van der Waals surface area (Å²) in [6.07, 6.45) is 12.2. The molecule has 2 heterocycles. The van der Waals surface area contributed by atoms with Crippen LogP contribution >= 0.6 is 24.8 Å². The molecule has 1 aromatic carbocycles. The second kappa shape index (κ2) is 6.70. The predicted octanol–water partition coefficient (Wildman–Crippen LogP) is 6.01. The van der Waals surface area contributed by atoms with Gasteiger partial charge in [0, 0.05) is 18.2 Å². The maximum absolute atomic E-state index is 5.28. The first kappa shape index (κ1) is 19.1. The van der Waals surface area contributed by atoms with Gasteiger partial charge in [-0.1, -0.05) is 19.1 Å². The maximum atomic E-state index is 5.28. The topological polar surface area (TPSA) is 22.2 Å². The van der Waals surface area contributed by atoms with E-state index in [1.54, 1.807) is 0 Å². The van der Waals surface area contributed by atoms with E-state index in [0.29, 0.717) is 5.41 Å². The molecule has 0 N–H and O–H groups in total. The number of para-hydroxylation sites is 2. The van der Waals surface area contributed by atoms with Crippen LogP contribution in [0.5, 0.6) is 0 Å². The van der Waals surface area contributed by atoms with Crippen molar-refractivity contribution < 1.29 is 0 Å². The van der Waals surface area contributed by atoms with E-state index in [4.69, 9.17) is 4.98 Å². The summed E-state index contributed by atoms with van der Waals surface area (Å²) < 4.78 is 4.80. The van der Waals surface area contributed by atoms with E-state index in [-0.39, 0.29) is 24.8 Å². The summed E-state index contributed by atoms with van der Waals surface area (Å²) in [7, 11) is 0. The Morgan fingerprint density at radius 1 is 0.963 bits per heavy atom. The van der Waals surface area contributed by atoms with Crippen LogP contribution in [-0.4, -0.2) is 14.0 Å². The van der Waals surface area contributed by atoms with Crippen molar-refractivity contribution >= 4 is 41.6 Å². The molecular formula is C22H29Cl2N3. The standard InChI is InChI=1S/C22H27N3.2ClH/c1-2-7-24-18-5-3-4-6-19(18)25-14-20(23-21(24)25)22-11-15-8-16(12-22)10-17(9-15)13-22;;/h3-6,14-17H,2,7-13H2,1H3;2*1H. The molecule has 0 amide bonds. The number of hydrogen-bond donors (Lipinski definition) is 0. The Kier molecular flexibility index (Phi) is 4.75. The van der Waals surface area contributed by atoms with Crippen LogP contribution in [0.1, 0.15) is 57.6 Å². The lowest BCUT2D eigenvalue weighted by atomic mass is 9.49. The summed E-state index contributed by atoms with van der Waals surface area (Å²) >= 11 is 0. The summed E-state index contributed by atoms with van der Waals surface area (Å²) in [6, 6.07) is 8.79. The smallest absolute Gasteiger partial charge is 0.215 e. The summed E-state index contributed by atoms with van der Waals surface area (Å²) in [5.41, 5.74) is 4.43. The molecule has 3 aromatic rings. The highest BCUT2D eigenvalue weighted by molar-refractivity contribution is 5.85. The van der Waals surface area contributed by atoms with Crippen molar-refractivity contribution in [1.82, 2.24) is 14.0 Å². The van der Waals surface area contributed by atoms with E-state index in [1.165, 1.54) is 55.3 Å². The Labute approximate surface area is 173 Å². The van der Waals surface area contributed by atoms with Crippen LogP contribution in [0.4, 0.5) is 0 Å². The van der Waals surface area contributed by atoms with Gasteiger partial charge in [-0.3, -0.25) is 4.40 Å². The van der Waals surface area contributed by atoms with Crippen LogP contribution in [0.2, 0.25) is 0 Å². The zero-order chi connectivity index (χ0) is 16.6. The lowest BCUT2D eigenvalue weighted by Crippen LogP contribution is -2.48. The second-order valence-corrected chi connectivity index (χ2v) is 9.13. The van der Waals surface area contributed by atoms with Gasteiger partial charge in [-0.15, -0.1) is 24.8 Å². The molecule has 4 aliphatic carbocycles. The van der Waals surface area contributed by atoms with E-state index in [9.17, 15) is 0 Å². The summed E-state index contributed by atoms with van der Waals surface area (Å²) in [5.74, 6) is 4.08. The fourth-order valence-electron chi connectivity index (χ4n) is 6.87. The molecule has 0 atom stereocenters. The molecule has 3 nitrogen and oxygen atoms in total. The highest BCUT2D eigenvalue weighted by Crippen LogP contribution is 2.60. The largest absolute Gasteiger partial charge is 0.310 e. The van der Waals surface area contributed by atoms with Crippen molar-refractivity contribution in [2.75, 3.05) is 0 Å². The van der Waals surface area contributed by atoms with Crippen molar-refractivity contribution in [2.24, 2.45) is 17.8 Å². The van der Waals surface area contributed by atoms with Gasteiger partial charge in [0.2, 0.25) is 5.78 Å². The number of halogens is 2. The third kappa shape index (κ3) is 2.65. The van der Waals surface area contributed by atoms with Gasteiger partial charge in [0.25, 0.3) is 0 Å². The molecule has 4 fully saturated rings. The van der Waals surface area contributed by atoms with Crippen molar-refractivity contribution in [3.05, 3.63) is 36.2 Å². The average Bonchev–Trinajstić information content (AvgIpc) is 3.14.